The van der Waals surface area contributed by atoms with Crippen molar-refractivity contribution in [1.82, 2.24) is 10.0 Å². The van der Waals surface area contributed by atoms with Crippen LogP contribution in [0.4, 0.5) is 0 Å². The van der Waals surface area contributed by atoms with Crippen molar-refractivity contribution in [3.05, 3.63) is 35.9 Å². The average Bonchev–Trinajstić information content (AvgIpc) is 2.56. The smallest absolute Gasteiger partial charge is 0.244 e. The summed E-state index contributed by atoms with van der Waals surface area (Å²) in [6, 6.07) is 6.28. The minimum Gasteiger partial charge on any atom is -0.382 e. The van der Waals surface area contributed by atoms with Crippen molar-refractivity contribution in [2.75, 3.05) is 40.0 Å². The molecule has 0 radical (unpaired) electrons. The van der Waals surface area contributed by atoms with Crippen molar-refractivity contribution in [2.24, 2.45) is 0 Å². The summed E-state index contributed by atoms with van der Waals surface area (Å²) in [5, 5.41) is 2.68. The number of methoxy groups -OCH3 is 1. The van der Waals surface area contributed by atoms with Gasteiger partial charge in [-0.1, -0.05) is 19.1 Å². The number of amides is 1. The summed E-state index contributed by atoms with van der Waals surface area (Å²) < 4.78 is 36.1. The number of hydrogen-bond acceptors (Lipinski definition) is 5. The van der Waals surface area contributed by atoms with Gasteiger partial charge in [0.2, 0.25) is 15.9 Å². The highest BCUT2D eigenvalue weighted by atomic mass is 32.2. The molecule has 0 spiro atoms. The second kappa shape index (κ2) is 10.9. The molecule has 0 saturated heterocycles. The average molecular weight is 356 g/mol. The molecule has 0 atom stereocenters. The minimum absolute atomic E-state index is 0.194. The number of carbonyl (C=O) groups is 1. The number of benzene rings is 1. The summed E-state index contributed by atoms with van der Waals surface area (Å²) in [7, 11) is -1.86. The third-order valence-electron chi connectivity index (χ3n) is 2.93. The molecule has 0 heterocycles. The Kier molecular flexibility index (Phi) is 9.24. The molecule has 0 fully saturated rings. The molecule has 1 amide bonds. The Labute approximate surface area is 143 Å². The van der Waals surface area contributed by atoms with Crippen molar-refractivity contribution < 1.29 is 22.7 Å². The molecule has 8 heteroatoms. The van der Waals surface area contributed by atoms with E-state index in [9.17, 15) is 13.2 Å². The predicted molar refractivity (Wildman–Crippen MR) is 92.0 cm³/mol. The first kappa shape index (κ1) is 20.3. The van der Waals surface area contributed by atoms with Crippen LogP contribution in [0.2, 0.25) is 0 Å². The SMILES string of the molecule is CCNS(=O)(=O)c1ccc(/C=C/C(=O)NCCOCCOC)cc1. The van der Waals surface area contributed by atoms with Crippen LogP contribution >= 0.6 is 0 Å². The normalized spacial score (nSPS) is 11.8. The van der Waals surface area contributed by atoms with Crippen molar-refractivity contribution in [3.63, 3.8) is 0 Å². The lowest BCUT2D eigenvalue weighted by atomic mass is 10.2. The molecule has 7 nitrogen and oxygen atoms in total. The number of hydrogen-bond donors (Lipinski definition) is 2. The highest BCUT2D eigenvalue weighted by Crippen LogP contribution is 2.11. The Morgan fingerprint density at radius 2 is 1.88 bits per heavy atom. The first-order chi connectivity index (χ1) is 11.5. The molecule has 0 aliphatic heterocycles. The zero-order valence-corrected chi connectivity index (χ0v) is 14.8. The summed E-state index contributed by atoms with van der Waals surface area (Å²) in [4.78, 5) is 11.8. The van der Waals surface area contributed by atoms with E-state index in [1.807, 2.05) is 0 Å². The standard InChI is InChI=1S/C16H24N2O5S/c1-3-18-24(20,21)15-7-4-14(5-8-15)6-9-16(19)17-10-11-23-13-12-22-2/h4-9,18H,3,10-13H2,1-2H3,(H,17,19)/b9-6+. The summed E-state index contributed by atoms with van der Waals surface area (Å²) in [6.45, 7) is 3.89. The Morgan fingerprint density at radius 1 is 1.17 bits per heavy atom. The molecule has 0 saturated carbocycles. The predicted octanol–water partition coefficient (Wildman–Crippen LogP) is 0.777. The van der Waals surface area contributed by atoms with Crippen molar-refractivity contribution >= 4 is 22.0 Å². The molecule has 0 aromatic heterocycles. The quantitative estimate of drug-likeness (QED) is 0.451. The monoisotopic (exact) mass is 356 g/mol. The number of carbonyl (C=O) groups excluding carboxylic acids is 1. The van der Waals surface area contributed by atoms with Gasteiger partial charge in [-0.2, -0.15) is 0 Å². The summed E-state index contributed by atoms with van der Waals surface area (Å²) in [5.41, 5.74) is 0.733. The van der Waals surface area contributed by atoms with Gasteiger partial charge in [-0.05, 0) is 23.8 Å². The first-order valence-electron chi connectivity index (χ1n) is 7.62. The second-order valence-corrected chi connectivity index (χ2v) is 6.57. The first-order valence-corrected chi connectivity index (χ1v) is 9.10. The maximum absolute atomic E-state index is 11.8. The van der Waals surface area contributed by atoms with E-state index in [1.165, 1.54) is 18.2 Å². The third kappa shape index (κ3) is 7.69. The van der Waals surface area contributed by atoms with Gasteiger partial charge in [0, 0.05) is 26.3 Å². The van der Waals surface area contributed by atoms with Crippen molar-refractivity contribution in [2.45, 2.75) is 11.8 Å². The number of nitrogens with one attached hydrogen (secondary N) is 2. The Morgan fingerprint density at radius 3 is 2.50 bits per heavy atom. The van der Waals surface area contributed by atoms with Crippen molar-refractivity contribution in [3.8, 4) is 0 Å². The number of rotatable bonds is 11. The minimum atomic E-state index is -3.46. The molecule has 0 aliphatic rings. The molecule has 134 valence electrons. The summed E-state index contributed by atoms with van der Waals surface area (Å²) in [6.07, 6.45) is 3.01. The number of sulfonamides is 1. The fourth-order valence-electron chi connectivity index (χ4n) is 1.75. The third-order valence-corrected chi connectivity index (χ3v) is 4.49. The van der Waals surface area contributed by atoms with E-state index in [0.29, 0.717) is 32.9 Å². The Hall–Kier alpha value is -1.74. The van der Waals surface area contributed by atoms with E-state index in [0.717, 1.165) is 5.56 Å². The largest absolute Gasteiger partial charge is 0.382 e. The number of ether oxygens (including phenoxy) is 2. The van der Waals surface area contributed by atoms with Crippen LogP contribution in [0.15, 0.2) is 35.2 Å². The molecular weight excluding hydrogens is 332 g/mol. The van der Waals surface area contributed by atoms with Gasteiger partial charge in [0.05, 0.1) is 24.7 Å². The topological polar surface area (TPSA) is 93.7 Å². The maximum Gasteiger partial charge on any atom is 0.244 e. The fraction of sp³-hybridized carbons (Fsp3) is 0.438. The highest BCUT2D eigenvalue weighted by Gasteiger charge is 2.11. The van der Waals surface area contributed by atoms with Crippen LogP contribution in [0.25, 0.3) is 6.08 Å². The Bertz CT molecular complexity index is 626. The zero-order chi connectivity index (χ0) is 17.8. The van der Waals surface area contributed by atoms with Gasteiger partial charge in [0.1, 0.15) is 0 Å². The van der Waals surface area contributed by atoms with Crippen LogP contribution in [0, 0.1) is 0 Å². The lowest BCUT2D eigenvalue weighted by molar-refractivity contribution is -0.116. The lowest BCUT2D eigenvalue weighted by Gasteiger charge is -2.05. The van der Waals surface area contributed by atoms with Crippen molar-refractivity contribution in [1.29, 1.82) is 0 Å². The van der Waals surface area contributed by atoms with Gasteiger partial charge in [0.15, 0.2) is 0 Å². The molecule has 1 rings (SSSR count). The van der Waals surface area contributed by atoms with Crippen LogP contribution in [-0.2, 0) is 24.3 Å². The van der Waals surface area contributed by atoms with E-state index in [4.69, 9.17) is 9.47 Å². The van der Waals surface area contributed by atoms with Crippen LogP contribution in [0.5, 0.6) is 0 Å². The fourth-order valence-corrected chi connectivity index (χ4v) is 2.79. The summed E-state index contributed by atoms with van der Waals surface area (Å²) >= 11 is 0. The molecular formula is C16H24N2O5S. The van der Waals surface area contributed by atoms with E-state index in [1.54, 1.807) is 32.2 Å². The molecule has 0 aliphatic carbocycles. The molecule has 0 unspecified atom stereocenters. The highest BCUT2D eigenvalue weighted by molar-refractivity contribution is 7.89. The molecule has 2 N–H and O–H groups in total. The van der Waals surface area contributed by atoms with Gasteiger partial charge >= 0.3 is 0 Å². The van der Waals surface area contributed by atoms with Gasteiger partial charge in [-0.3, -0.25) is 4.79 Å². The molecule has 0 bridgehead atoms. The molecule has 1 aromatic carbocycles. The van der Waals surface area contributed by atoms with E-state index in [-0.39, 0.29) is 10.8 Å². The van der Waals surface area contributed by atoms with Gasteiger partial charge in [-0.15, -0.1) is 0 Å². The van der Waals surface area contributed by atoms with E-state index >= 15 is 0 Å². The van der Waals surface area contributed by atoms with Crippen LogP contribution in [0.3, 0.4) is 0 Å². The van der Waals surface area contributed by atoms with Crippen LogP contribution < -0.4 is 10.0 Å². The van der Waals surface area contributed by atoms with Gasteiger partial charge in [-0.25, -0.2) is 13.1 Å². The van der Waals surface area contributed by atoms with Gasteiger partial charge in [0.25, 0.3) is 0 Å². The van der Waals surface area contributed by atoms with E-state index in [2.05, 4.69) is 10.0 Å². The zero-order valence-electron chi connectivity index (χ0n) is 13.9. The van der Waals surface area contributed by atoms with Crippen LogP contribution in [-0.4, -0.2) is 54.3 Å². The second-order valence-electron chi connectivity index (χ2n) is 4.80. The summed E-state index contributed by atoms with van der Waals surface area (Å²) in [5.74, 6) is -0.241. The maximum atomic E-state index is 11.8. The lowest BCUT2D eigenvalue weighted by Crippen LogP contribution is -2.25. The molecule has 1 aromatic rings. The van der Waals surface area contributed by atoms with Gasteiger partial charge < -0.3 is 14.8 Å². The van der Waals surface area contributed by atoms with Crippen LogP contribution in [0.1, 0.15) is 12.5 Å². The van der Waals surface area contributed by atoms with E-state index < -0.39 is 10.0 Å². The molecule has 24 heavy (non-hydrogen) atoms. The Balaban J connectivity index is 2.43.